The second kappa shape index (κ2) is 7.26. The Kier molecular flexibility index (Phi) is 5.15. The number of primary amides is 1. The Hall–Kier alpha value is -3.08. The number of hydrogen-bond acceptors (Lipinski definition) is 3. The predicted octanol–water partition coefficient (Wildman–Crippen LogP) is 2.26. The van der Waals surface area contributed by atoms with Crippen LogP contribution in [-0.4, -0.2) is 18.9 Å². The lowest BCUT2D eigenvalue weighted by molar-refractivity contribution is -0.114. The summed E-state index contributed by atoms with van der Waals surface area (Å²) in [6.45, 7) is 1.93. The summed E-state index contributed by atoms with van der Waals surface area (Å²) in [4.78, 5) is 23.7. The highest BCUT2D eigenvalue weighted by Crippen LogP contribution is 2.13. The van der Waals surface area contributed by atoms with Crippen molar-refractivity contribution < 1.29 is 14.3 Å². The molecule has 2 aromatic carbocycles. The van der Waals surface area contributed by atoms with E-state index in [9.17, 15) is 9.59 Å². The smallest absolute Gasteiger partial charge is 0.265 e. The maximum absolute atomic E-state index is 12.2. The molecule has 2 amide bonds. The van der Waals surface area contributed by atoms with Gasteiger partial charge in [0, 0.05) is 5.56 Å². The fraction of sp³-hybridized carbons (Fsp3) is 0.111. The number of carbonyl (C=O) groups excluding carboxylic acids is 2. The lowest BCUT2D eigenvalue weighted by atomic mass is 10.1. The van der Waals surface area contributed by atoms with Crippen molar-refractivity contribution in [1.29, 1.82) is 0 Å². The summed E-state index contributed by atoms with van der Waals surface area (Å²) >= 11 is 0. The molecule has 0 radical (unpaired) electrons. The molecule has 5 nitrogen and oxygen atoms in total. The lowest BCUT2D eigenvalue weighted by Gasteiger charge is -2.08. The molecule has 0 spiro atoms. The van der Waals surface area contributed by atoms with Crippen LogP contribution in [-0.2, 0) is 4.79 Å². The summed E-state index contributed by atoms with van der Waals surface area (Å²) in [6, 6.07) is 14.1. The van der Waals surface area contributed by atoms with Gasteiger partial charge in [-0.05, 0) is 42.8 Å². The van der Waals surface area contributed by atoms with E-state index < -0.39 is 5.91 Å². The fourth-order valence-corrected chi connectivity index (χ4v) is 1.94. The summed E-state index contributed by atoms with van der Waals surface area (Å²) in [5, 5.41) is 2.55. The van der Waals surface area contributed by atoms with Crippen molar-refractivity contribution in [3.63, 3.8) is 0 Å². The SMILES string of the molecule is COc1ccc(C=C(NC(=O)c2ccc(C)cc2)C(N)=O)cc1. The monoisotopic (exact) mass is 310 g/mol. The minimum Gasteiger partial charge on any atom is -0.497 e. The van der Waals surface area contributed by atoms with Gasteiger partial charge in [0.05, 0.1) is 7.11 Å². The van der Waals surface area contributed by atoms with Gasteiger partial charge in [0.2, 0.25) is 0 Å². The van der Waals surface area contributed by atoms with Crippen molar-refractivity contribution in [1.82, 2.24) is 5.32 Å². The topological polar surface area (TPSA) is 81.4 Å². The molecule has 0 heterocycles. The first kappa shape index (κ1) is 16.3. The van der Waals surface area contributed by atoms with Crippen molar-refractivity contribution in [2.24, 2.45) is 5.73 Å². The number of methoxy groups -OCH3 is 1. The second-order valence-corrected chi connectivity index (χ2v) is 5.02. The van der Waals surface area contributed by atoms with Crippen molar-refractivity contribution in [2.45, 2.75) is 6.92 Å². The van der Waals surface area contributed by atoms with Crippen LogP contribution >= 0.6 is 0 Å². The van der Waals surface area contributed by atoms with Gasteiger partial charge in [-0.2, -0.15) is 0 Å². The largest absolute Gasteiger partial charge is 0.497 e. The van der Waals surface area contributed by atoms with Crippen LogP contribution in [0.3, 0.4) is 0 Å². The molecule has 0 unspecified atom stereocenters. The lowest BCUT2D eigenvalue weighted by Crippen LogP contribution is -2.31. The molecule has 118 valence electrons. The Morgan fingerprint density at radius 2 is 1.65 bits per heavy atom. The quantitative estimate of drug-likeness (QED) is 0.831. The van der Waals surface area contributed by atoms with Gasteiger partial charge >= 0.3 is 0 Å². The zero-order chi connectivity index (χ0) is 16.8. The number of hydrogen-bond donors (Lipinski definition) is 2. The first-order valence-electron chi connectivity index (χ1n) is 7.03. The number of benzene rings is 2. The van der Waals surface area contributed by atoms with Gasteiger partial charge in [0.15, 0.2) is 0 Å². The minimum absolute atomic E-state index is 0.0285. The molecule has 0 aromatic heterocycles. The van der Waals surface area contributed by atoms with Crippen LogP contribution in [0.15, 0.2) is 54.2 Å². The molecule has 0 atom stereocenters. The second-order valence-electron chi connectivity index (χ2n) is 5.02. The molecule has 5 heteroatoms. The zero-order valence-corrected chi connectivity index (χ0v) is 13.0. The number of nitrogens with two attached hydrogens (primary N) is 1. The van der Waals surface area contributed by atoms with E-state index in [1.54, 1.807) is 43.5 Å². The van der Waals surface area contributed by atoms with E-state index in [2.05, 4.69) is 5.32 Å². The Balaban J connectivity index is 2.20. The molecule has 2 aromatic rings. The van der Waals surface area contributed by atoms with Crippen LogP contribution < -0.4 is 15.8 Å². The highest BCUT2D eigenvalue weighted by atomic mass is 16.5. The van der Waals surface area contributed by atoms with E-state index in [4.69, 9.17) is 10.5 Å². The van der Waals surface area contributed by atoms with Crippen molar-refractivity contribution in [3.8, 4) is 5.75 Å². The summed E-state index contributed by atoms with van der Waals surface area (Å²) in [5.74, 6) is -0.392. The summed E-state index contributed by atoms with van der Waals surface area (Å²) in [5.41, 5.74) is 7.60. The third-order valence-electron chi connectivity index (χ3n) is 3.25. The summed E-state index contributed by atoms with van der Waals surface area (Å²) < 4.78 is 5.07. The highest BCUT2D eigenvalue weighted by molar-refractivity contribution is 6.04. The van der Waals surface area contributed by atoms with Crippen LogP contribution in [0.5, 0.6) is 5.75 Å². The fourth-order valence-electron chi connectivity index (χ4n) is 1.94. The standard InChI is InChI=1S/C18H18N2O3/c1-12-3-7-14(8-4-12)18(22)20-16(17(19)21)11-13-5-9-15(23-2)10-6-13/h3-11H,1-2H3,(H2,19,21)(H,20,22). The maximum atomic E-state index is 12.2. The molecule has 3 N–H and O–H groups in total. The third kappa shape index (κ3) is 4.44. The third-order valence-corrected chi connectivity index (χ3v) is 3.25. The van der Waals surface area contributed by atoms with Gasteiger partial charge in [-0.15, -0.1) is 0 Å². The van der Waals surface area contributed by atoms with E-state index in [0.717, 1.165) is 11.1 Å². The van der Waals surface area contributed by atoms with E-state index in [0.29, 0.717) is 11.3 Å². The number of aryl methyl sites for hydroxylation is 1. The first-order chi connectivity index (χ1) is 11.0. The van der Waals surface area contributed by atoms with Gasteiger partial charge in [-0.1, -0.05) is 29.8 Å². The molecule has 0 bridgehead atoms. The molecular formula is C18H18N2O3. The normalized spacial score (nSPS) is 11.0. The Morgan fingerprint density at radius 3 is 2.17 bits per heavy atom. The zero-order valence-electron chi connectivity index (χ0n) is 13.0. The molecule has 0 aliphatic heterocycles. The number of ether oxygens (including phenoxy) is 1. The average molecular weight is 310 g/mol. The molecule has 0 fully saturated rings. The maximum Gasteiger partial charge on any atom is 0.265 e. The molecule has 0 saturated carbocycles. The minimum atomic E-state index is -0.707. The van der Waals surface area contributed by atoms with E-state index in [1.165, 1.54) is 6.08 Å². The predicted molar refractivity (Wildman–Crippen MR) is 88.8 cm³/mol. The number of rotatable bonds is 5. The number of amides is 2. The van der Waals surface area contributed by atoms with Crippen LogP contribution in [0.25, 0.3) is 6.08 Å². The molecule has 0 aliphatic carbocycles. The summed E-state index contributed by atoms with van der Waals surface area (Å²) in [6.07, 6.45) is 1.52. The highest BCUT2D eigenvalue weighted by Gasteiger charge is 2.11. The Labute approximate surface area is 134 Å². The molecule has 0 saturated heterocycles. The van der Waals surface area contributed by atoms with Crippen molar-refractivity contribution in [3.05, 3.63) is 70.9 Å². The van der Waals surface area contributed by atoms with Gasteiger partial charge in [0.25, 0.3) is 11.8 Å². The molecule has 0 aliphatic rings. The molecule has 23 heavy (non-hydrogen) atoms. The Morgan fingerprint density at radius 1 is 1.04 bits per heavy atom. The van der Waals surface area contributed by atoms with Crippen molar-refractivity contribution in [2.75, 3.05) is 7.11 Å². The number of carbonyl (C=O) groups is 2. The van der Waals surface area contributed by atoms with E-state index >= 15 is 0 Å². The van der Waals surface area contributed by atoms with Gasteiger partial charge in [0.1, 0.15) is 11.4 Å². The average Bonchev–Trinajstić information content (AvgIpc) is 2.55. The van der Waals surface area contributed by atoms with E-state index in [-0.39, 0.29) is 11.6 Å². The van der Waals surface area contributed by atoms with Crippen LogP contribution in [0, 0.1) is 6.92 Å². The van der Waals surface area contributed by atoms with Gasteiger partial charge < -0.3 is 15.8 Å². The summed E-state index contributed by atoms with van der Waals surface area (Å²) in [7, 11) is 1.57. The first-order valence-corrected chi connectivity index (χ1v) is 7.03. The van der Waals surface area contributed by atoms with Crippen LogP contribution in [0.2, 0.25) is 0 Å². The molecular weight excluding hydrogens is 292 g/mol. The van der Waals surface area contributed by atoms with Gasteiger partial charge in [-0.3, -0.25) is 9.59 Å². The van der Waals surface area contributed by atoms with E-state index in [1.807, 2.05) is 19.1 Å². The number of nitrogens with one attached hydrogen (secondary N) is 1. The Bertz CT molecular complexity index is 732. The van der Waals surface area contributed by atoms with Crippen molar-refractivity contribution >= 4 is 17.9 Å². The molecule has 2 rings (SSSR count). The van der Waals surface area contributed by atoms with Crippen LogP contribution in [0.4, 0.5) is 0 Å². The van der Waals surface area contributed by atoms with Crippen LogP contribution in [0.1, 0.15) is 21.5 Å². The van der Waals surface area contributed by atoms with Gasteiger partial charge in [-0.25, -0.2) is 0 Å².